The molecule has 2 heterocycles. The summed E-state index contributed by atoms with van der Waals surface area (Å²) in [6, 6.07) is 1.10. The van der Waals surface area contributed by atoms with Crippen LogP contribution in [0.4, 0.5) is 4.39 Å². The van der Waals surface area contributed by atoms with Gasteiger partial charge in [-0.2, -0.15) is 0 Å². The van der Waals surface area contributed by atoms with Gasteiger partial charge in [-0.05, 0) is 13.0 Å². The molecule has 1 aromatic rings. The number of rotatable bonds is 3. The van der Waals surface area contributed by atoms with Gasteiger partial charge in [-0.15, -0.1) is 0 Å². The van der Waals surface area contributed by atoms with E-state index in [1.165, 1.54) is 12.2 Å². The highest BCUT2D eigenvalue weighted by Crippen LogP contribution is 2.42. The molecule has 1 aromatic heterocycles. The second kappa shape index (κ2) is 5.78. The number of aromatic amines is 1. The molecule has 1 fully saturated rings. The summed E-state index contributed by atoms with van der Waals surface area (Å²) >= 11 is 1.97. The van der Waals surface area contributed by atoms with Gasteiger partial charge < -0.3 is 9.84 Å². The van der Waals surface area contributed by atoms with Crippen LogP contribution in [-0.4, -0.2) is 37.0 Å². The molecule has 110 valence electrons. The smallest absolute Gasteiger partial charge is 0.330 e. The number of hydrogen-bond acceptors (Lipinski definition) is 4. The van der Waals surface area contributed by atoms with E-state index in [9.17, 15) is 14.7 Å². The maximum atomic E-state index is 15.1. The Morgan fingerprint density at radius 1 is 1.65 bits per heavy atom. The standard InChI is InChI=1S/C12H14FIN2O4/c1-2-4-12(13)9(18)7(6-14)20-10(12)16-5-3-8(17)15-11(16)19/h2-5,7,9-10,18H,6H2,1H3,(H,15,17,19)/b4-2+/t7-,9-,10-,12-/m1/s1. The molecule has 0 spiro atoms. The number of H-pyrrole nitrogens is 1. The average Bonchev–Trinajstić information content (AvgIpc) is 2.63. The van der Waals surface area contributed by atoms with Crippen LogP contribution in [0.3, 0.4) is 0 Å². The van der Waals surface area contributed by atoms with Crippen molar-refractivity contribution >= 4 is 22.6 Å². The molecule has 6 nitrogen and oxygen atoms in total. The topological polar surface area (TPSA) is 84.3 Å². The average molecular weight is 396 g/mol. The van der Waals surface area contributed by atoms with Gasteiger partial charge in [-0.1, -0.05) is 28.7 Å². The molecule has 2 rings (SSSR count). The number of aromatic nitrogens is 2. The molecule has 4 atom stereocenters. The lowest BCUT2D eigenvalue weighted by Crippen LogP contribution is -2.44. The highest BCUT2D eigenvalue weighted by atomic mass is 127. The Hall–Kier alpha value is -1.00. The fourth-order valence-corrected chi connectivity index (χ4v) is 2.91. The van der Waals surface area contributed by atoms with E-state index in [2.05, 4.69) is 0 Å². The van der Waals surface area contributed by atoms with Gasteiger partial charge in [0.1, 0.15) is 6.10 Å². The zero-order chi connectivity index (χ0) is 14.9. The summed E-state index contributed by atoms with van der Waals surface area (Å²) in [5.41, 5.74) is -3.59. The van der Waals surface area contributed by atoms with Gasteiger partial charge in [-0.25, -0.2) is 9.18 Å². The highest BCUT2D eigenvalue weighted by molar-refractivity contribution is 14.1. The van der Waals surface area contributed by atoms with Gasteiger partial charge >= 0.3 is 5.69 Å². The molecule has 0 unspecified atom stereocenters. The predicted molar refractivity (Wildman–Crippen MR) is 78.8 cm³/mol. The Morgan fingerprint density at radius 2 is 2.35 bits per heavy atom. The fraction of sp³-hybridized carbons (Fsp3) is 0.500. The minimum Gasteiger partial charge on any atom is -0.386 e. The lowest BCUT2D eigenvalue weighted by molar-refractivity contribution is -0.0339. The number of aliphatic hydroxyl groups excluding tert-OH is 1. The van der Waals surface area contributed by atoms with Crippen LogP contribution in [0.1, 0.15) is 13.2 Å². The molecule has 1 saturated heterocycles. The van der Waals surface area contributed by atoms with Gasteiger partial charge in [0.15, 0.2) is 6.23 Å². The van der Waals surface area contributed by atoms with Crippen LogP contribution in [0.15, 0.2) is 34.0 Å². The first-order valence-corrected chi connectivity index (χ1v) is 7.50. The summed E-state index contributed by atoms with van der Waals surface area (Å²) in [5.74, 6) is 0. The Labute approximate surface area is 127 Å². The molecule has 1 aliphatic rings. The maximum absolute atomic E-state index is 15.1. The molecule has 8 heteroatoms. The van der Waals surface area contributed by atoms with Gasteiger partial charge in [0.25, 0.3) is 5.56 Å². The van der Waals surface area contributed by atoms with Crippen molar-refractivity contribution in [2.45, 2.75) is 31.0 Å². The summed E-state index contributed by atoms with van der Waals surface area (Å²) in [5, 5.41) is 10.1. The van der Waals surface area contributed by atoms with Gasteiger partial charge in [0.05, 0.1) is 6.10 Å². The molecular weight excluding hydrogens is 382 g/mol. The molecule has 0 aromatic carbocycles. The first kappa shape index (κ1) is 15.4. The van der Waals surface area contributed by atoms with Crippen LogP contribution in [0.25, 0.3) is 0 Å². The summed E-state index contributed by atoms with van der Waals surface area (Å²) in [6.07, 6.45) is 0.335. The lowest BCUT2D eigenvalue weighted by Gasteiger charge is -2.25. The normalized spacial score (nSPS) is 33.9. The van der Waals surface area contributed by atoms with Crippen molar-refractivity contribution in [3.8, 4) is 0 Å². The van der Waals surface area contributed by atoms with Gasteiger partial charge in [0, 0.05) is 16.7 Å². The third kappa shape index (κ3) is 2.47. The second-order valence-electron chi connectivity index (χ2n) is 4.47. The van der Waals surface area contributed by atoms with Crippen molar-refractivity contribution in [2.75, 3.05) is 4.43 Å². The third-order valence-corrected chi connectivity index (χ3v) is 4.03. The molecule has 0 bridgehead atoms. The predicted octanol–water partition coefficient (Wildman–Crippen LogP) is 0.514. The van der Waals surface area contributed by atoms with E-state index in [1.807, 2.05) is 27.6 Å². The molecule has 0 radical (unpaired) electrons. The van der Waals surface area contributed by atoms with Gasteiger partial charge in [-0.3, -0.25) is 14.3 Å². The molecule has 20 heavy (non-hydrogen) atoms. The number of aliphatic hydroxyl groups is 1. The largest absolute Gasteiger partial charge is 0.386 e. The number of halogens is 2. The number of nitrogens with one attached hydrogen (secondary N) is 1. The van der Waals surface area contributed by atoms with Crippen LogP contribution in [0.2, 0.25) is 0 Å². The molecular formula is C12H14FIN2O4. The van der Waals surface area contributed by atoms with Crippen LogP contribution in [0, 0.1) is 0 Å². The summed E-state index contributed by atoms with van der Waals surface area (Å²) in [4.78, 5) is 24.9. The Kier molecular flexibility index (Phi) is 4.45. The lowest BCUT2D eigenvalue weighted by atomic mass is 9.96. The summed E-state index contributed by atoms with van der Waals surface area (Å²) in [7, 11) is 0. The number of nitrogens with zero attached hydrogens (tertiary/aromatic N) is 1. The SMILES string of the molecule is C/C=C/[C@@]1(F)[C@H](O)[C@@H](CI)O[C@H]1n1ccc(=O)[nH]c1=O. The van der Waals surface area contributed by atoms with Crippen LogP contribution in [-0.2, 0) is 4.74 Å². The summed E-state index contributed by atoms with van der Waals surface area (Å²) in [6.45, 7) is 1.61. The summed E-state index contributed by atoms with van der Waals surface area (Å²) < 4.78 is 21.8. The van der Waals surface area contributed by atoms with E-state index in [1.54, 1.807) is 6.92 Å². The first-order chi connectivity index (χ1) is 9.43. The van der Waals surface area contributed by atoms with E-state index in [4.69, 9.17) is 4.74 Å². The molecule has 1 aliphatic heterocycles. The van der Waals surface area contributed by atoms with Crippen molar-refractivity contribution in [1.82, 2.24) is 9.55 Å². The number of hydrogen-bond donors (Lipinski definition) is 2. The van der Waals surface area contributed by atoms with Crippen molar-refractivity contribution in [3.05, 3.63) is 45.3 Å². The monoisotopic (exact) mass is 396 g/mol. The Morgan fingerprint density at radius 3 is 2.90 bits per heavy atom. The van der Waals surface area contributed by atoms with Crippen LogP contribution in [0.5, 0.6) is 0 Å². The fourth-order valence-electron chi connectivity index (χ4n) is 2.22. The number of alkyl halides is 2. The van der Waals surface area contributed by atoms with E-state index >= 15 is 4.39 Å². The minimum absolute atomic E-state index is 0.372. The Balaban J connectivity index is 2.53. The van der Waals surface area contributed by atoms with E-state index < -0.39 is 35.4 Å². The van der Waals surface area contributed by atoms with Gasteiger partial charge in [0.2, 0.25) is 5.67 Å². The first-order valence-electron chi connectivity index (χ1n) is 5.97. The van der Waals surface area contributed by atoms with Crippen molar-refractivity contribution in [2.24, 2.45) is 0 Å². The van der Waals surface area contributed by atoms with Crippen LogP contribution >= 0.6 is 22.6 Å². The number of allylic oxidation sites excluding steroid dienone is 1. The van der Waals surface area contributed by atoms with E-state index in [0.717, 1.165) is 16.8 Å². The maximum Gasteiger partial charge on any atom is 0.330 e. The quantitative estimate of drug-likeness (QED) is 0.443. The van der Waals surface area contributed by atoms with Crippen LogP contribution < -0.4 is 11.2 Å². The number of ether oxygens (including phenoxy) is 1. The van der Waals surface area contributed by atoms with E-state index in [0.29, 0.717) is 4.43 Å². The molecule has 0 saturated carbocycles. The van der Waals surface area contributed by atoms with Crippen molar-refractivity contribution in [3.63, 3.8) is 0 Å². The van der Waals surface area contributed by atoms with E-state index in [-0.39, 0.29) is 0 Å². The Bertz CT molecular complexity index is 628. The zero-order valence-electron chi connectivity index (χ0n) is 10.6. The molecule has 0 amide bonds. The second-order valence-corrected chi connectivity index (χ2v) is 5.35. The molecule has 2 N–H and O–H groups in total. The third-order valence-electron chi connectivity index (χ3n) is 3.17. The van der Waals surface area contributed by atoms with Crippen molar-refractivity contribution in [1.29, 1.82) is 0 Å². The zero-order valence-corrected chi connectivity index (χ0v) is 12.8. The minimum atomic E-state index is -2.23. The van der Waals surface area contributed by atoms with Crippen molar-refractivity contribution < 1.29 is 14.2 Å². The molecule has 0 aliphatic carbocycles. The highest BCUT2D eigenvalue weighted by Gasteiger charge is 2.56.